The fourth-order valence-electron chi connectivity index (χ4n) is 3.88. The number of ether oxygens (including phenoxy) is 1. The van der Waals surface area contributed by atoms with Gasteiger partial charge >= 0.3 is 6.09 Å². The second-order valence-electron chi connectivity index (χ2n) is 8.49. The highest BCUT2D eigenvalue weighted by molar-refractivity contribution is 5.92. The van der Waals surface area contributed by atoms with Gasteiger partial charge in [-0.1, -0.05) is 31.5 Å². The summed E-state index contributed by atoms with van der Waals surface area (Å²) in [5.74, 6) is 0.840. The second kappa shape index (κ2) is 7.83. The van der Waals surface area contributed by atoms with Gasteiger partial charge in [0.05, 0.1) is 5.52 Å². The first kappa shape index (κ1) is 19.0. The summed E-state index contributed by atoms with van der Waals surface area (Å²) in [7, 11) is 0. The third kappa shape index (κ3) is 4.47. The highest BCUT2D eigenvalue weighted by Gasteiger charge is 2.22. The molecule has 0 aliphatic carbocycles. The maximum absolute atomic E-state index is 12.6. The van der Waals surface area contributed by atoms with Crippen LogP contribution in [0.1, 0.15) is 52.5 Å². The molecule has 0 amide bonds. The SMILES string of the molecule is CC[C@H]1CCCN(CCc2cn(C(=O)OC(C)(C)C)c3ccccc23)C1. The van der Waals surface area contributed by atoms with E-state index in [2.05, 4.69) is 17.9 Å². The molecule has 0 saturated carbocycles. The van der Waals surface area contributed by atoms with Crippen molar-refractivity contribution >= 4 is 17.0 Å². The van der Waals surface area contributed by atoms with E-state index in [1.165, 1.54) is 37.9 Å². The Balaban J connectivity index is 1.77. The van der Waals surface area contributed by atoms with E-state index in [9.17, 15) is 4.79 Å². The van der Waals surface area contributed by atoms with Crippen molar-refractivity contribution in [2.75, 3.05) is 19.6 Å². The monoisotopic (exact) mass is 356 g/mol. The molecule has 0 unspecified atom stereocenters. The molecule has 4 nitrogen and oxygen atoms in total. The molecule has 1 aromatic carbocycles. The van der Waals surface area contributed by atoms with Gasteiger partial charge in [-0.3, -0.25) is 4.57 Å². The number of para-hydroxylation sites is 1. The van der Waals surface area contributed by atoms with Crippen LogP contribution in [0.5, 0.6) is 0 Å². The van der Waals surface area contributed by atoms with Gasteiger partial charge in [0.15, 0.2) is 0 Å². The van der Waals surface area contributed by atoms with E-state index >= 15 is 0 Å². The Morgan fingerprint density at radius 1 is 1.27 bits per heavy atom. The molecule has 0 bridgehead atoms. The highest BCUT2D eigenvalue weighted by Crippen LogP contribution is 2.25. The van der Waals surface area contributed by atoms with E-state index in [1.807, 2.05) is 45.2 Å². The van der Waals surface area contributed by atoms with Crippen molar-refractivity contribution in [2.45, 2.75) is 59.0 Å². The van der Waals surface area contributed by atoms with Crippen LogP contribution in [0.15, 0.2) is 30.5 Å². The number of nitrogens with zero attached hydrogens (tertiary/aromatic N) is 2. The van der Waals surface area contributed by atoms with E-state index in [1.54, 1.807) is 4.57 Å². The molecule has 1 atom stereocenters. The molecule has 1 aromatic heterocycles. The van der Waals surface area contributed by atoms with Crippen molar-refractivity contribution < 1.29 is 9.53 Å². The molecule has 2 heterocycles. The van der Waals surface area contributed by atoms with Crippen molar-refractivity contribution in [3.05, 3.63) is 36.0 Å². The number of rotatable bonds is 4. The molecule has 1 aliphatic rings. The number of likely N-dealkylation sites (tertiary alicyclic amines) is 1. The van der Waals surface area contributed by atoms with Crippen LogP contribution in [0.25, 0.3) is 10.9 Å². The van der Waals surface area contributed by atoms with Gasteiger partial charge < -0.3 is 9.64 Å². The summed E-state index contributed by atoms with van der Waals surface area (Å²) in [6.45, 7) is 11.5. The molecule has 3 rings (SSSR count). The Bertz CT molecular complexity index is 757. The van der Waals surface area contributed by atoms with Crippen LogP contribution >= 0.6 is 0 Å². The van der Waals surface area contributed by atoms with Gasteiger partial charge in [-0.2, -0.15) is 0 Å². The van der Waals surface area contributed by atoms with Crippen molar-refractivity contribution in [1.29, 1.82) is 0 Å². The number of hydrogen-bond acceptors (Lipinski definition) is 3. The predicted molar refractivity (Wildman–Crippen MR) is 107 cm³/mol. The maximum atomic E-state index is 12.6. The Morgan fingerprint density at radius 2 is 2.04 bits per heavy atom. The van der Waals surface area contributed by atoms with Gasteiger partial charge in [0, 0.05) is 24.7 Å². The molecule has 0 N–H and O–H groups in total. The number of carbonyl (C=O) groups is 1. The van der Waals surface area contributed by atoms with E-state index in [4.69, 9.17) is 4.74 Å². The van der Waals surface area contributed by atoms with E-state index < -0.39 is 5.60 Å². The van der Waals surface area contributed by atoms with E-state index in [0.29, 0.717) is 0 Å². The first-order chi connectivity index (χ1) is 12.4. The van der Waals surface area contributed by atoms with Crippen LogP contribution in [0.3, 0.4) is 0 Å². The van der Waals surface area contributed by atoms with Gasteiger partial charge in [0.25, 0.3) is 0 Å². The quantitative estimate of drug-likeness (QED) is 0.765. The third-order valence-corrected chi connectivity index (χ3v) is 5.26. The van der Waals surface area contributed by atoms with Crippen molar-refractivity contribution in [1.82, 2.24) is 9.47 Å². The van der Waals surface area contributed by atoms with Crippen LogP contribution in [0, 0.1) is 5.92 Å². The van der Waals surface area contributed by atoms with Crippen LogP contribution in [0.2, 0.25) is 0 Å². The lowest BCUT2D eigenvalue weighted by molar-refractivity contribution is 0.0544. The summed E-state index contributed by atoms with van der Waals surface area (Å²) in [5.41, 5.74) is 1.66. The van der Waals surface area contributed by atoms with Crippen molar-refractivity contribution in [3.8, 4) is 0 Å². The first-order valence-corrected chi connectivity index (χ1v) is 9.92. The summed E-state index contributed by atoms with van der Waals surface area (Å²) in [6, 6.07) is 8.12. The molecule has 4 heteroatoms. The lowest BCUT2D eigenvalue weighted by atomic mass is 9.95. The van der Waals surface area contributed by atoms with Crippen LogP contribution < -0.4 is 0 Å². The van der Waals surface area contributed by atoms with Gasteiger partial charge in [-0.15, -0.1) is 0 Å². The van der Waals surface area contributed by atoms with Gasteiger partial charge in [-0.25, -0.2) is 4.79 Å². The zero-order valence-electron chi connectivity index (χ0n) is 16.6. The Hall–Kier alpha value is -1.81. The van der Waals surface area contributed by atoms with Crippen LogP contribution in [-0.2, 0) is 11.2 Å². The minimum atomic E-state index is -0.494. The average Bonchev–Trinajstić information content (AvgIpc) is 2.98. The zero-order valence-corrected chi connectivity index (χ0v) is 16.6. The minimum absolute atomic E-state index is 0.302. The number of fused-ring (bicyclic) bond motifs is 1. The fourth-order valence-corrected chi connectivity index (χ4v) is 3.88. The van der Waals surface area contributed by atoms with Gasteiger partial charge in [0.1, 0.15) is 5.60 Å². The number of hydrogen-bond donors (Lipinski definition) is 0. The second-order valence-corrected chi connectivity index (χ2v) is 8.49. The number of carbonyl (C=O) groups excluding carboxylic acids is 1. The molecule has 2 aromatic rings. The average molecular weight is 357 g/mol. The zero-order chi connectivity index (χ0) is 18.7. The predicted octanol–water partition coefficient (Wildman–Crippen LogP) is 5.09. The summed E-state index contributed by atoms with van der Waals surface area (Å²) in [4.78, 5) is 15.2. The van der Waals surface area contributed by atoms with Gasteiger partial charge in [0.2, 0.25) is 0 Å². The number of aromatic nitrogens is 1. The Kier molecular flexibility index (Phi) is 5.71. The van der Waals surface area contributed by atoms with E-state index in [0.717, 1.165) is 29.8 Å². The molecule has 1 fully saturated rings. The minimum Gasteiger partial charge on any atom is -0.443 e. The summed E-state index contributed by atoms with van der Waals surface area (Å²) >= 11 is 0. The first-order valence-electron chi connectivity index (χ1n) is 9.92. The molecule has 142 valence electrons. The smallest absolute Gasteiger partial charge is 0.419 e. The standard InChI is InChI=1S/C22H32N2O2/c1-5-17-9-8-13-23(15-17)14-12-18-16-24(21(25)26-22(2,3)4)20-11-7-6-10-19(18)20/h6-7,10-11,16-17H,5,8-9,12-15H2,1-4H3/t17-/m0/s1. The fraction of sp³-hybridized carbons (Fsp3) is 0.591. The molecule has 1 aliphatic heterocycles. The van der Waals surface area contributed by atoms with E-state index in [-0.39, 0.29) is 6.09 Å². The van der Waals surface area contributed by atoms with Crippen LogP contribution in [-0.4, -0.2) is 40.8 Å². The lowest BCUT2D eigenvalue weighted by Gasteiger charge is -2.32. The molecule has 1 saturated heterocycles. The van der Waals surface area contributed by atoms with Crippen LogP contribution in [0.4, 0.5) is 4.79 Å². The largest absolute Gasteiger partial charge is 0.443 e. The molecule has 26 heavy (non-hydrogen) atoms. The normalized spacial score (nSPS) is 19.0. The van der Waals surface area contributed by atoms with Crippen molar-refractivity contribution in [2.24, 2.45) is 5.92 Å². The van der Waals surface area contributed by atoms with Gasteiger partial charge in [-0.05, 0) is 64.1 Å². The molecular formula is C22H32N2O2. The molecule has 0 radical (unpaired) electrons. The topological polar surface area (TPSA) is 34.5 Å². The highest BCUT2D eigenvalue weighted by atomic mass is 16.6. The lowest BCUT2D eigenvalue weighted by Crippen LogP contribution is -2.36. The molecule has 0 spiro atoms. The van der Waals surface area contributed by atoms with Crippen molar-refractivity contribution in [3.63, 3.8) is 0 Å². The Labute approximate surface area is 157 Å². The third-order valence-electron chi connectivity index (χ3n) is 5.26. The number of piperidine rings is 1. The summed E-state index contributed by atoms with van der Waals surface area (Å²) in [6.07, 6.45) is 6.58. The maximum Gasteiger partial charge on any atom is 0.419 e. The molecular weight excluding hydrogens is 324 g/mol. The summed E-state index contributed by atoms with van der Waals surface area (Å²) in [5, 5.41) is 1.16. The Morgan fingerprint density at radius 3 is 2.77 bits per heavy atom. The number of benzene rings is 1. The summed E-state index contributed by atoms with van der Waals surface area (Å²) < 4.78 is 7.25.